The van der Waals surface area contributed by atoms with Gasteiger partial charge >= 0.3 is 5.97 Å². The first-order valence-electron chi connectivity index (χ1n) is 9.12. The summed E-state index contributed by atoms with van der Waals surface area (Å²) in [5, 5.41) is -0.228. The van der Waals surface area contributed by atoms with Crippen LogP contribution in [0.3, 0.4) is 0 Å². The lowest BCUT2D eigenvalue weighted by Gasteiger charge is -2.08. The Bertz CT molecular complexity index is 980. The summed E-state index contributed by atoms with van der Waals surface area (Å²) < 4.78 is 10.2. The molecule has 6 heteroatoms. The topological polar surface area (TPSA) is 35.5 Å². The zero-order valence-electron chi connectivity index (χ0n) is 15.3. The van der Waals surface area contributed by atoms with E-state index in [4.69, 9.17) is 32.7 Å². The van der Waals surface area contributed by atoms with Gasteiger partial charge in [-0.15, -0.1) is 11.8 Å². The van der Waals surface area contributed by atoms with Gasteiger partial charge < -0.3 is 9.47 Å². The van der Waals surface area contributed by atoms with E-state index in [0.29, 0.717) is 5.75 Å². The van der Waals surface area contributed by atoms with Gasteiger partial charge in [0.25, 0.3) is 0 Å². The molecular weight excluding hydrogens is 427 g/mol. The lowest BCUT2D eigenvalue weighted by molar-refractivity contribution is -0.146. The number of benzene rings is 3. The van der Waals surface area contributed by atoms with Crippen LogP contribution in [-0.2, 0) is 16.1 Å². The number of rotatable bonds is 7. The van der Waals surface area contributed by atoms with Gasteiger partial charge in [0.1, 0.15) is 28.4 Å². The molecule has 4 rings (SSSR count). The first kappa shape index (κ1) is 20.1. The Morgan fingerprint density at radius 2 is 1.55 bits per heavy atom. The Balaban J connectivity index is 1.34. The number of alkyl halides is 2. The minimum absolute atomic E-state index is 0.133. The van der Waals surface area contributed by atoms with Crippen molar-refractivity contribution in [2.75, 3.05) is 0 Å². The fourth-order valence-electron chi connectivity index (χ4n) is 2.94. The van der Waals surface area contributed by atoms with Crippen molar-refractivity contribution in [1.29, 1.82) is 0 Å². The van der Waals surface area contributed by atoms with Gasteiger partial charge in [0, 0.05) is 4.90 Å². The number of hydrogen-bond donors (Lipinski definition) is 0. The van der Waals surface area contributed by atoms with Crippen LogP contribution in [0.4, 0.5) is 0 Å². The van der Waals surface area contributed by atoms with Crippen LogP contribution in [0.5, 0.6) is 11.5 Å². The Labute approximate surface area is 183 Å². The highest BCUT2D eigenvalue weighted by molar-refractivity contribution is 8.00. The normalized spacial score (nSPS) is 19.4. The maximum absolute atomic E-state index is 12.5. The van der Waals surface area contributed by atoms with Gasteiger partial charge in [-0.2, -0.15) is 0 Å². The van der Waals surface area contributed by atoms with Crippen LogP contribution < -0.4 is 4.74 Å². The van der Waals surface area contributed by atoms with Gasteiger partial charge in [-0.25, -0.2) is 0 Å². The molecule has 3 aromatic rings. The molecule has 0 amide bonds. The largest absolute Gasteiger partial charge is 0.460 e. The maximum Gasteiger partial charge on any atom is 0.313 e. The molecule has 0 N–H and O–H groups in total. The average molecular weight is 445 g/mol. The molecule has 1 saturated carbocycles. The van der Waals surface area contributed by atoms with Crippen LogP contribution in [0.1, 0.15) is 5.56 Å². The number of ether oxygens (including phenoxy) is 2. The van der Waals surface area contributed by atoms with E-state index in [1.54, 1.807) is 0 Å². The Kier molecular flexibility index (Phi) is 6.04. The van der Waals surface area contributed by atoms with Gasteiger partial charge in [-0.3, -0.25) is 4.79 Å². The van der Waals surface area contributed by atoms with Crippen LogP contribution in [0.2, 0.25) is 0 Å². The third kappa shape index (κ3) is 4.89. The van der Waals surface area contributed by atoms with Crippen molar-refractivity contribution in [3.63, 3.8) is 0 Å². The summed E-state index contributed by atoms with van der Waals surface area (Å²) >= 11 is 14.2. The molecule has 0 aliphatic heterocycles. The Morgan fingerprint density at radius 3 is 2.28 bits per heavy atom. The summed E-state index contributed by atoms with van der Waals surface area (Å²) in [6, 6.07) is 26.7. The number of esters is 1. The number of halogens is 2. The van der Waals surface area contributed by atoms with Gasteiger partial charge in [0.15, 0.2) is 0 Å². The number of carbonyl (C=O) groups excluding carboxylic acids is 1. The third-order valence-corrected chi connectivity index (χ3v) is 7.15. The average Bonchev–Trinajstić information content (AvgIpc) is 3.28. The quantitative estimate of drug-likeness (QED) is 0.308. The van der Waals surface area contributed by atoms with E-state index < -0.39 is 16.2 Å². The maximum atomic E-state index is 12.5. The highest BCUT2D eigenvalue weighted by Gasteiger charge is 2.68. The molecular formula is C23H18Cl2O3S. The molecule has 1 aliphatic rings. The molecule has 1 aliphatic carbocycles. The van der Waals surface area contributed by atoms with Crippen molar-refractivity contribution in [2.24, 2.45) is 5.92 Å². The molecule has 148 valence electrons. The zero-order valence-corrected chi connectivity index (χ0v) is 17.7. The second kappa shape index (κ2) is 8.70. The van der Waals surface area contributed by atoms with Crippen molar-refractivity contribution >= 4 is 40.9 Å². The smallest absolute Gasteiger partial charge is 0.313 e. The summed E-state index contributed by atoms with van der Waals surface area (Å²) in [5.41, 5.74) is 0.828. The van der Waals surface area contributed by atoms with Crippen molar-refractivity contribution in [1.82, 2.24) is 0 Å². The summed E-state index contributed by atoms with van der Waals surface area (Å²) in [6.07, 6.45) is 0. The molecule has 3 aromatic carbocycles. The SMILES string of the molecule is O=C(OCc1cccc(Oc2ccccc2)c1)C1C(Sc2ccccc2)C1(Cl)Cl. The van der Waals surface area contributed by atoms with Gasteiger partial charge in [-0.05, 0) is 42.0 Å². The second-order valence-corrected chi connectivity index (χ2v) is 9.33. The van der Waals surface area contributed by atoms with Crippen molar-refractivity contribution in [3.8, 4) is 11.5 Å². The molecule has 0 heterocycles. The summed E-state index contributed by atoms with van der Waals surface area (Å²) in [6.45, 7) is 0.133. The first-order chi connectivity index (χ1) is 14.0. The third-order valence-electron chi connectivity index (χ3n) is 4.51. The van der Waals surface area contributed by atoms with E-state index in [1.165, 1.54) is 11.8 Å². The minimum atomic E-state index is -1.12. The van der Waals surface area contributed by atoms with Crippen molar-refractivity contribution in [3.05, 3.63) is 90.5 Å². The second-order valence-electron chi connectivity index (χ2n) is 6.67. The van der Waals surface area contributed by atoms with E-state index in [9.17, 15) is 4.79 Å². The highest BCUT2D eigenvalue weighted by atomic mass is 35.5. The van der Waals surface area contributed by atoms with Crippen molar-refractivity contribution in [2.45, 2.75) is 21.1 Å². The molecule has 0 spiro atoms. The molecule has 0 bridgehead atoms. The van der Waals surface area contributed by atoms with Gasteiger partial charge in [0.2, 0.25) is 0 Å². The van der Waals surface area contributed by atoms with E-state index >= 15 is 0 Å². The van der Waals surface area contributed by atoms with Crippen molar-refractivity contribution < 1.29 is 14.3 Å². The first-order valence-corrected chi connectivity index (χ1v) is 10.8. The molecule has 0 saturated heterocycles. The minimum Gasteiger partial charge on any atom is -0.460 e. The fraction of sp³-hybridized carbons (Fsp3) is 0.174. The Morgan fingerprint density at radius 1 is 0.897 bits per heavy atom. The summed E-state index contributed by atoms with van der Waals surface area (Å²) in [7, 11) is 0. The standard InChI is InChI=1S/C23H18Cl2O3S/c24-23(25)20(21(23)29-19-12-5-2-6-13-19)22(26)27-15-16-8-7-11-18(14-16)28-17-9-3-1-4-10-17/h1-14,20-21H,15H2. The van der Waals surface area contributed by atoms with Crippen LogP contribution >= 0.6 is 35.0 Å². The highest BCUT2D eigenvalue weighted by Crippen LogP contribution is 2.61. The number of carbonyl (C=O) groups is 1. The van der Waals surface area contributed by atoms with E-state index in [-0.39, 0.29) is 11.9 Å². The number of para-hydroxylation sites is 1. The summed E-state index contributed by atoms with van der Waals surface area (Å²) in [5.74, 6) is 0.477. The van der Waals surface area contributed by atoms with E-state index in [1.807, 2.05) is 84.9 Å². The number of thioether (sulfide) groups is 1. The van der Waals surface area contributed by atoms with Crippen LogP contribution in [-0.4, -0.2) is 15.6 Å². The predicted octanol–water partition coefficient (Wildman–Crippen LogP) is 6.49. The lowest BCUT2D eigenvalue weighted by atomic mass is 10.2. The van der Waals surface area contributed by atoms with Gasteiger partial charge in [-0.1, -0.05) is 71.7 Å². The molecule has 2 unspecified atom stereocenters. The van der Waals surface area contributed by atoms with E-state index in [2.05, 4.69) is 0 Å². The monoisotopic (exact) mass is 444 g/mol. The molecule has 2 atom stereocenters. The molecule has 3 nitrogen and oxygen atoms in total. The van der Waals surface area contributed by atoms with Gasteiger partial charge in [0.05, 0.1) is 5.25 Å². The fourth-order valence-corrected chi connectivity index (χ4v) is 5.21. The van der Waals surface area contributed by atoms with Crippen LogP contribution in [0.25, 0.3) is 0 Å². The summed E-state index contributed by atoms with van der Waals surface area (Å²) in [4.78, 5) is 13.6. The molecule has 0 radical (unpaired) electrons. The van der Waals surface area contributed by atoms with Crippen LogP contribution in [0, 0.1) is 5.92 Å². The lowest BCUT2D eigenvalue weighted by Crippen LogP contribution is -2.11. The molecule has 0 aromatic heterocycles. The molecule has 29 heavy (non-hydrogen) atoms. The van der Waals surface area contributed by atoms with E-state index in [0.717, 1.165) is 16.2 Å². The zero-order chi connectivity index (χ0) is 20.3. The molecule has 1 fully saturated rings. The predicted molar refractivity (Wildman–Crippen MR) is 117 cm³/mol. The van der Waals surface area contributed by atoms with Crippen LogP contribution in [0.15, 0.2) is 89.8 Å². The number of hydrogen-bond acceptors (Lipinski definition) is 4. The Hall–Kier alpha value is -2.14.